The summed E-state index contributed by atoms with van der Waals surface area (Å²) in [6.07, 6.45) is 6.48. The van der Waals surface area contributed by atoms with Crippen molar-refractivity contribution in [3.05, 3.63) is 11.5 Å². The first-order chi connectivity index (χ1) is 10.3. The Balaban J connectivity index is 1.93. The molecule has 2 unspecified atom stereocenters. The minimum atomic E-state index is -0.283. The molecule has 0 N–H and O–H groups in total. The van der Waals surface area contributed by atoms with Crippen molar-refractivity contribution in [2.75, 3.05) is 6.61 Å². The van der Waals surface area contributed by atoms with Crippen molar-refractivity contribution >= 4 is 13.1 Å². The van der Waals surface area contributed by atoms with Crippen molar-refractivity contribution in [3.63, 3.8) is 0 Å². The van der Waals surface area contributed by atoms with Crippen LogP contribution in [0.25, 0.3) is 0 Å². The van der Waals surface area contributed by atoms with Crippen LogP contribution in [-0.2, 0) is 18.8 Å². The molecule has 0 saturated carbocycles. The quantitative estimate of drug-likeness (QED) is 0.574. The van der Waals surface area contributed by atoms with Gasteiger partial charge in [-0.1, -0.05) is 13.0 Å². The smallest absolute Gasteiger partial charge is 0.466 e. The highest BCUT2D eigenvalue weighted by atomic mass is 16.7. The Kier molecular flexibility index (Phi) is 5.39. The van der Waals surface area contributed by atoms with E-state index in [1.807, 2.05) is 6.92 Å². The average molecular weight is 308 g/mol. The fourth-order valence-electron chi connectivity index (χ4n) is 3.22. The Morgan fingerprint density at radius 2 is 2.09 bits per heavy atom. The number of hydrogen-bond acceptors (Lipinski definition) is 4. The third-order valence-electron chi connectivity index (χ3n) is 5.34. The van der Waals surface area contributed by atoms with Crippen LogP contribution in [0.5, 0.6) is 0 Å². The van der Waals surface area contributed by atoms with E-state index in [0.29, 0.717) is 18.9 Å². The first-order valence-corrected chi connectivity index (χ1v) is 8.51. The van der Waals surface area contributed by atoms with E-state index in [1.165, 1.54) is 5.47 Å². The van der Waals surface area contributed by atoms with E-state index in [-0.39, 0.29) is 24.3 Å². The third kappa shape index (κ3) is 3.57. The Hall–Kier alpha value is -0.805. The first-order valence-electron chi connectivity index (χ1n) is 8.51. The van der Waals surface area contributed by atoms with E-state index in [4.69, 9.17) is 14.0 Å². The van der Waals surface area contributed by atoms with Gasteiger partial charge in [0, 0.05) is 6.42 Å². The van der Waals surface area contributed by atoms with Crippen molar-refractivity contribution < 1.29 is 18.8 Å². The molecule has 1 aliphatic carbocycles. The van der Waals surface area contributed by atoms with E-state index < -0.39 is 0 Å². The SMILES string of the molecule is CCOC(=O)CC1CC=C(B2OC(C)(C)C(C)(CC)O2)CC1. The molecule has 0 aromatic carbocycles. The van der Waals surface area contributed by atoms with Crippen LogP contribution in [0.1, 0.15) is 66.7 Å². The number of hydrogen-bond donors (Lipinski definition) is 0. The van der Waals surface area contributed by atoms with Crippen LogP contribution >= 0.6 is 0 Å². The molecule has 1 saturated heterocycles. The molecule has 4 nitrogen and oxygen atoms in total. The molecule has 0 aromatic rings. The van der Waals surface area contributed by atoms with E-state index in [2.05, 4.69) is 33.8 Å². The molecule has 2 aliphatic rings. The fraction of sp³-hybridized carbons (Fsp3) is 0.824. The maximum atomic E-state index is 11.6. The molecule has 2 rings (SSSR count). The maximum Gasteiger partial charge on any atom is 0.490 e. The van der Waals surface area contributed by atoms with Gasteiger partial charge in [-0.25, -0.2) is 0 Å². The summed E-state index contributed by atoms with van der Waals surface area (Å²) >= 11 is 0. The summed E-state index contributed by atoms with van der Waals surface area (Å²) in [4.78, 5) is 11.6. The van der Waals surface area contributed by atoms with E-state index in [1.54, 1.807) is 0 Å². The molecule has 0 spiro atoms. The second-order valence-corrected chi connectivity index (χ2v) is 7.09. The summed E-state index contributed by atoms with van der Waals surface area (Å²) in [5.74, 6) is 0.298. The Bertz CT molecular complexity index is 446. The van der Waals surface area contributed by atoms with E-state index >= 15 is 0 Å². The van der Waals surface area contributed by atoms with Crippen LogP contribution in [0, 0.1) is 5.92 Å². The van der Waals surface area contributed by atoms with Gasteiger partial charge < -0.3 is 14.0 Å². The van der Waals surface area contributed by atoms with Gasteiger partial charge in [0.25, 0.3) is 0 Å². The molecular formula is C17H29BO4. The minimum Gasteiger partial charge on any atom is -0.466 e. The molecule has 1 aliphatic heterocycles. The van der Waals surface area contributed by atoms with Gasteiger partial charge in [0.05, 0.1) is 17.8 Å². The molecule has 0 radical (unpaired) electrons. The summed E-state index contributed by atoms with van der Waals surface area (Å²) in [5, 5.41) is 0. The van der Waals surface area contributed by atoms with Gasteiger partial charge in [0.1, 0.15) is 0 Å². The normalized spacial score (nSPS) is 31.0. The third-order valence-corrected chi connectivity index (χ3v) is 5.34. The predicted molar refractivity (Wildman–Crippen MR) is 87.4 cm³/mol. The number of carbonyl (C=O) groups excluding carboxylic acids is 1. The largest absolute Gasteiger partial charge is 0.490 e. The zero-order valence-electron chi connectivity index (χ0n) is 14.6. The summed E-state index contributed by atoms with van der Waals surface area (Å²) in [6.45, 7) is 10.8. The Labute approximate surface area is 134 Å². The lowest BCUT2D eigenvalue weighted by atomic mass is 9.70. The predicted octanol–water partition coefficient (Wildman–Crippen LogP) is 3.69. The standard InChI is InChI=1S/C17H29BO4/c1-6-17(5)16(3,4)21-18(22-17)14-10-8-13(9-11-14)12-15(19)20-7-2/h10,13H,6-9,11-12H2,1-5H3. The summed E-state index contributed by atoms with van der Waals surface area (Å²) < 4.78 is 17.4. The Morgan fingerprint density at radius 1 is 1.36 bits per heavy atom. The lowest BCUT2D eigenvalue weighted by Gasteiger charge is -2.35. The summed E-state index contributed by atoms with van der Waals surface area (Å²) in [5.41, 5.74) is 0.695. The minimum absolute atomic E-state index is 0.0857. The molecular weight excluding hydrogens is 279 g/mol. The lowest BCUT2D eigenvalue weighted by Crippen LogP contribution is -2.44. The summed E-state index contributed by atoms with van der Waals surface area (Å²) in [6, 6.07) is 0. The van der Waals surface area contributed by atoms with Crippen LogP contribution in [0.15, 0.2) is 11.5 Å². The van der Waals surface area contributed by atoms with Crippen molar-refractivity contribution in [1.29, 1.82) is 0 Å². The van der Waals surface area contributed by atoms with Gasteiger partial charge in [0.2, 0.25) is 0 Å². The zero-order valence-corrected chi connectivity index (χ0v) is 14.6. The number of rotatable bonds is 5. The number of allylic oxidation sites excluding steroid dienone is 2. The van der Waals surface area contributed by atoms with Crippen LogP contribution in [0.4, 0.5) is 0 Å². The van der Waals surface area contributed by atoms with Crippen molar-refractivity contribution in [3.8, 4) is 0 Å². The maximum absolute atomic E-state index is 11.6. The molecule has 1 fully saturated rings. The summed E-state index contributed by atoms with van der Waals surface area (Å²) in [7, 11) is -0.233. The molecule has 22 heavy (non-hydrogen) atoms. The highest BCUT2D eigenvalue weighted by Gasteiger charge is 2.54. The van der Waals surface area contributed by atoms with Crippen LogP contribution in [0.2, 0.25) is 0 Å². The molecule has 2 atom stereocenters. The van der Waals surface area contributed by atoms with Gasteiger partial charge in [-0.2, -0.15) is 0 Å². The van der Waals surface area contributed by atoms with E-state index in [0.717, 1.165) is 25.7 Å². The second-order valence-electron chi connectivity index (χ2n) is 7.09. The average Bonchev–Trinajstić information content (AvgIpc) is 2.71. The molecule has 124 valence electrons. The van der Waals surface area contributed by atoms with Crippen LogP contribution < -0.4 is 0 Å². The van der Waals surface area contributed by atoms with Crippen molar-refractivity contribution in [2.24, 2.45) is 5.92 Å². The van der Waals surface area contributed by atoms with Gasteiger partial charge in [-0.15, -0.1) is 0 Å². The van der Waals surface area contributed by atoms with E-state index in [9.17, 15) is 4.79 Å². The molecule has 1 heterocycles. The molecule has 0 aromatic heterocycles. The fourth-order valence-corrected chi connectivity index (χ4v) is 3.22. The Morgan fingerprint density at radius 3 is 2.59 bits per heavy atom. The van der Waals surface area contributed by atoms with Crippen LogP contribution in [-0.4, -0.2) is 30.9 Å². The van der Waals surface area contributed by atoms with Crippen LogP contribution in [0.3, 0.4) is 0 Å². The molecule has 0 amide bonds. The van der Waals surface area contributed by atoms with Crippen molar-refractivity contribution in [1.82, 2.24) is 0 Å². The highest BCUT2D eigenvalue weighted by molar-refractivity contribution is 6.54. The van der Waals surface area contributed by atoms with Gasteiger partial charge >= 0.3 is 13.1 Å². The van der Waals surface area contributed by atoms with Gasteiger partial charge in [-0.3, -0.25) is 4.79 Å². The molecule has 0 bridgehead atoms. The van der Waals surface area contributed by atoms with Crippen molar-refractivity contribution in [2.45, 2.75) is 77.9 Å². The second kappa shape index (κ2) is 6.75. The first kappa shape index (κ1) is 17.5. The zero-order chi connectivity index (χ0) is 16.4. The number of esters is 1. The van der Waals surface area contributed by atoms with Gasteiger partial charge in [0.15, 0.2) is 0 Å². The number of carbonyl (C=O) groups is 1. The lowest BCUT2D eigenvalue weighted by molar-refractivity contribution is -0.144. The highest BCUT2D eigenvalue weighted by Crippen LogP contribution is 2.42. The van der Waals surface area contributed by atoms with Gasteiger partial charge in [-0.05, 0) is 64.8 Å². The topological polar surface area (TPSA) is 44.8 Å². The molecule has 5 heteroatoms. The monoisotopic (exact) mass is 308 g/mol. The number of ether oxygens (including phenoxy) is 1.